The molecule has 110 valence electrons. The minimum atomic E-state index is -0.0715. The third kappa shape index (κ3) is 4.60. The lowest BCUT2D eigenvalue weighted by Crippen LogP contribution is -2.45. The standard InChI is InChI=1S/C16H24N2OS/c1-2-18-8-4-3-7-15(18)11-17-12-16-10-14(13-20-16)6-5-9-19/h10,13,15,17,19H,2-4,7-9,11-12H2,1H3/t15-/m1/s1. The fraction of sp³-hybridized carbons (Fsp3) is 0.625. The van der Waals surface area contributed by atoms with E-state index in [1.165, 1.54) is 30.7 Å². The van der Waals surface area contributed by atoms with Gasteiger partial charge in [-0.3, -0.25) is 4.90 Å². The summed E-state index contributed by atoms with van der Waals surface area (Å²) in [5.74, 6) is 5.63. The molecule has 20 heavy (non-hydrogen) atoms. The molecule has 0 aliphatic carbocycles. The van der Waals surface area contributed by atoms with Gasteiger partial charge in [0.25, 0.3) is 0 Å². The predicted molar refractivity (Wildman–Crippen MR) is 84.9 cm³/mol. The Kier molecular flexibility index (Phi) is 6.55. The molecule has 0 saturated carbocycles. The lowest BCUT2D eigenvalue weighted by molar-refractivity contribution is 0.153. The van der Waals surface area contributed by atoms with Crippen molar-refractivity contribution in [2.24, 2.45) is 0 Å². The Morgan fingerprint density at radius 2 is 2.40 bits per heavy atom. The molecule has 1 aliphatic rings. The zero-order chi connectivity index (χ0) is 14.2. The van der Waals surface area contributed by atoms with Crippen LogP contribution in [0.3, 0.4) is 0 Å². The van der Waals surface area contributed by atoms with Gasteiger partial charge in [0, 0.05) is 35.0 Å². The SMILES string of the molecule is CCN1CCCC[C@@H]1CNCc1cc(C#CCO)cs1. The van der Waals surface area contributed by atoms with E-state index in [-0.39, 0.29) is 6.61 Å². The van der Waals surface area contributed by atoms with Crippen molar-refractivity contribution in [2.75, 3.05) is 26.2 Å². The molecule has 0 radical (unpaired) electrons. The highest BCUT2D eigenvalue weighted by Crippen LogP contribution is 2.17. The molecule has 0 aromatic carbocycles. The fourth-order valence-electron chi connectivity index (χ4n) is 2.75. The van der Waals surface area contributed by atoms with Gasteiger partial charge in [-0.25, -0.2) is 0 Å². The number of rotatable bonds is 5. The highest BCUT2D eigenvalue weighted by molar-refractivity contribution is 7.10. The van der Waals surface area contributed by atoms with Crippen molar-refractivity contribution in [1.29, 1.82) is 0 Å². The van der Waals surface area contributed by atoms with Crippen LogP contribution in [0.1, 0.15) is 36.6 Å². The minimum absolute atomic E-state index is 0.0715. The predicted octanol–water partition coefficient (Wildman–Crippen LogP) is 2.06. The number of nitrogens with zero attached hydrogens (tertiary/aromatic N) is 1. The molecule has 1 aromatic rings. The van der Waals surface area contributed by atoms with Crippen molar-refractivity contribution in [3.63, 3.8) is 0 Å². The number of nitrogens with one attached hydrogen (secondary N) is 1. The first-order valence-electron chi connectivity index (χ1n) is 7.45. The summed E-state index contributed by atoms with van der Waals surface area (Å²) in [6.07, 6.45) is 4.03. The van der Waals surface area contributed by atoms with Gasteiger partial charge in [0.1, 0.15) is 6.61 Å². The number of hydrogen-bond donors (Lipinski definition) is 2. The third-order valence-corrected chi connectivity index (χ3v) is 4.74. The lowest BCUT2D eigenvalue weighted by atomic mass is 10.0. The first kappa shape index (κ1) is 15.5. The molecular formula is C16H24N2OS. The largest absolute Gasteiger partial charge is 0.384 e. The molecule has 2 heterocycles. The van der Waals surface area contributed by atoms with Crippen LogP contribution in [0.2, 0.25) is 0 Å². The maximum atomic E-state index is 8.68. The first-order chi connectivity index (χ1) is 9.83. The van der Waals surface area contributed by atoms with Crippen LogP contribution in [0, 0.1) is 11.8 Å². The maximum absolute atomic E-state index is 8.68. The van der Waals surface area contributed by atoms with Crippen LogP contribution >= 0.6 is 11.3 Å². The molecule has 1 aromatic heterocycles. The summed E-state index contributed by atoms with van der Waals surface area (Å²) in [5, 5.41) is 14.3. The minimum Gasteiger partial charge on any atom is -0.384 e. The summed E-state index contributed by atoms with van der Waals surface area (Å²) in [7, 11) is 0. The summed E-state index contributed by atoms with van der Waals surface area (Å²) < 4.78 is 0. The topological polar surface area (TPSA) is 35.5 Å². The summed E-state index contributed by atoms with van der Waals surface area (Å²) in [4.78, 5) is 3.90. The second kappa shape index (κ2) is 8.43. The van der Waals surface area contributed by atoms with Crippen LogP contribution in [-0.4, -0.2) is 42.3 Å². The molecule has 0 amide bonds. The summed E-state index contributed by atoms with van der Waals surface area (Å²) >= 11 is 1.73. The van der Waals surface area contributed by atoms with Crippen molar-refractivity contribution in [3.8, 4) is 11.8 Å². The van der Waals surface area contributed by atoms with Crippen molar-refractivity contribution in [1.82, 2.24) is 10.2 Å². The smallest absolute Gasteiger partial charge is 0.104 e. The second-order valence-corrected chi connectivity index (χ2v) is 6.17. The van der Waals surface area contributed by atoms with Gasteiger partial charge < -0.3 is 10.4 Å². The van der Waals surface area contributed by atoms with E-state index in [4.69, 9.17) is 5.11 Å². The molecule has 0 bridgehead atoms. The van der Waals surface area contributed by atoms with Crippen LogP contribution in [0.4, 0.5) is 0 Å². The van der Waals surface area contributed by atoms with Crippen LogP contribution in [0.5, 0.6) is 0 Å². The van der Waals surface area contributed by atoms with Crippen LogP contribution in [-0.2, 0) is 6.54 Å². The summed E-state index contributed by atoms with van der Waals surface area (Å²) in [5.41, 5.74) is 1.01. The van der Waals surface area contributed by atoms with Gasteiger partial charge in [-0.1, -0.05) is 25.2 Å². The van der Waals surface area contributed by atoms with E-state index < -0.39 is 0 Å². The molecule has 3 nitrogen and oxygen atoms in total. The Balaban J connectivity index is 1.76. The van der Waals surface area contributed by atoms with E-state index in [1.807, 2.05) is 0 Å². The van der Waals surface area contributed by atoms with Crippen molar-refractivity contribution in [3.05, 3.63) is 21.9 Å². The number of likely N-dealkylation sites (N-methyl/N-ethyl adjacent to an activating group) is 1. The third-order valence-electron chi connectivity index (χ3n) is 3.80. The van der Waals surface area contributed by atoms with E-state index in [1.54, 1.807) is 11.3 Å². The fourth-order valence-corrected chi connectivity index (χ4v) is 3.54. The van der Waals surface area contributed by atoms with Gasteiger partial charge in [-0.2, -0.15) is 0 Å². The average molecular weight is 292 g/mol. The molecule has 2 rings (SSSR count). The van der Waals surface area contributed by atoms with E-state index in [9.17, 15) is 0 Å². The molecule has 1 atom stereocenters. The molecule has 1 aliphatic heterocycles. The zero-order valence-electron chi connectivity index (χ0n) is 12.2. The van der Waals surface area contributed by atoms with Gasteiger partial charge in [0.2, 0.25) is 0 Å². The van der Waals surface area contributed by atoms with E-state index >= 15 is 0 Å². The van der Waals surface area contributed by atoms with Gasteiger partial charge in [-0.05, 0) is 32.0 Å². The molecule has 1 fully saturated rings. The number of likely N-dealkylation sites (tertiary alicyclic amines) is 1. The number of aliphatic hydroxyl groups excluding tert-OH is 1. The Labute approximate surface area is 126 Å². The Hall–Kier alpha value is -0.860. The monoisotopic (exact) mass is 292 g/mol. The Morgan fingerprint density at radius 1 is 1.50 bits per heavy atom. The second-order valence-electron chi connectivity index (χ2n) is 5.17. The van der Waals surface area contributed by atoms with Crippen molar-refractivity contribution >= 4 is 11.3 Å². The first-order valence-corrected chi connectivity index (χ1v) is 8.33. The zero-order valence-corrected chi connectivity index (χ0v) is 13.0. The summed E-state index contributed by atoms with van der Waals surface area (Å²) in [6, 6.07) is 2.81. The highest BCUT2D eigenvalue weighted by atomic mass is 32.1. The number of hydrogen-bond acceptors (Lipinski definition) is 4. The molecule has 0 unspecified atom stereocenters. The lowest BCUT2D eigenvalue weighted by Gasteiger charge is -2.35. The quantitative estimate of drug-likeness (QED) is 0.816. The molecule has 1 saturated heterocycles. The van der Waals surface area contributed by atoms with Gasteiger partial charge >= 0.3 is 0 Å². The van der Waals surface area contributed by atoms with Gasteiger partial charge in [0.05, 0.1) is 0 Å². The van der Waals surface area contributed by atoms with Gasteiger partial charge in [-0.15, -0.1) is 11.3 Å². The number of aliphatic hydroxyl groups is 1. The van der Waals surface area contributed by atoms with E-state index in [0.29, 0.717) is 6.04 Å². The molecule has 0 spiro atoms. The van der Waals surface area contributed by atoms with Crippen LogP contribution in [0.15, 0.2) is 11.4 Å². The molecule has 2 N–H and O–H groups in total. The van der Waals surface area contributed by atoms with Crippen LogP contribution in [0.25, 0.3) is 0 Å². The maximum Gasteiger partial charge on any atom is 0.104 e. The summed E-state index contributed by atoms with van der Waals surface area (Å²) in [6.45, 7) is 6.58. The number of piperidine rings is 1. The highest BCUT2D eigenvalue weighted by Gasteiger charge is 2.20. The van der Waals surface area contributed by atoms with Crippen LogP contribution < -0.4 is 5.32 Å². The normalized spacial score (nSPS) is 19.6. The molecular weight excluding hydrogens is 268 g/mol. The van der Waals surface area contributed by atoms with Gasteiger partial charge in [0.15, 0.2) is 0 Å². The number of thiophene rings is 1. The van der Waals surface area contributed by atoms with Crippen molar-refractivity contribution in [2.45, 2.75) is 38.8 Å². The van der Waals surface area contributed by atoms with E-state index in [0.717, 1.165) is 25.2 Å². The van der Waals surface area contributed by atoms with E-state index in [2.05, 4.69) is 40.4 Å². The Bertz CT molecular complexity index is 461. The van der Waals surface area contributed by atoms with Crippen molar-refractivity contribution < 1.29 is 5.11 Å². The Morgan fingerprint density at radius 3 is 3.20 bits per heavy atom. The molecule has 4 heteroatoms. The average Bonchev–Trinajstić information content (AvgIpc) is 2.93.